The molecule has 0 spiro atoms. The first-order valence-electron chi connectivity index (χ1n) is 4.80. The van der Waals surface area contributed by atoms with E-state index in [1.54, 1.807) is 18.3 Å². The topological polar surface area (TPSA) is 51.2 Å². The highest BCUT2D eigenvalue weighted by atomic mass is 32.1. The lowest BCUT2D eigenvalue weighted by atomic mass is 10.2. The van der Waals surface area contributed by atoms with Crippen LogP contribution in [0.15, 0.2) is 5.51 Å². The van der Waals surface area contributed by atoms with Crippen LogP contribution in [-0.4, -0.2) is 24.1 Å². The third kappa shape index (κ3) is 3.00. The molecule has 0 saturated carbocycles. The second-order valence-corrected chi connectivity index (χ2v) is 4.32. The van der Waals surface area contributed by atoms with Crippen molar-refractivity contribution in [1.82, 2.24) is 10.3 Å². The summed E-state index contributed by atoms with van der Waals surface area (Å²) in [6.07, 6.45) is 0. The minimum atomic E-state index is -0.300. The predicted molar refractivity (Wildman–Crippen MR) is 59.9 cm³/mol. The Hall–Kier alpha value is -0.940. The molecule has 0 saturated heterocycles. The highest BCUT2D eigenvalue weighted by Gasteiger charge is 2.18. The van der Waals surface area contributed by atoms with Gasteiger partial charge in [-0.05, 0) is 20.8 Å². The van der Waals surface area contributed by atoms with Gasteiger partial charge in [0.1, 0.15) is 6.04 Å². The van der Waals surface area contributed by atoms with E-state index in [2.05, 4.69) is 15.0 Å². The van der Waals surface area contributed by atoms with E-state index in [4.69, 9.17) is 0 Å². The van der Waals surface area contributed by atoms with Crippen molar-refractivity contribution in [2.24, 2.45) is 0 Å². The fourth-order valence-electron chi connectivity index (χ4n) is 1.42. The van der Waals surface area contributed by atoms with Gasteiger partial charge >= 0.3 is 5.97 Å². The van der Waals surface area contributed by atoms with Crippen molar-refractivity contribution in [2.45, 2.75) is 32.9 Å². The van der Waals surface area contributed by atoms with Gasteiger partial charge in [-0.2, -0.15) is 0 Å². The molecule has 0 aliphatic carbocycles. The van der Waals surface area contributed by atoms with Crippen LogP contribution in [0.1, 0.15) is 30.5 Å². The molecule has 84 valence electrons. The zero-order chi connectivity index (χ0) is 11.4. The summed E-state index contributed by atoms with van der Waals surface area (Å²) in [5, 5.41) is 3.17. The molecule has 0 aromatic carbocycles. The average molecular weight is 228 g/mol. The maximum Gasteiger partial charge on any atom is 0.322 e. The van der Waals surface area contributed by atoms with Gasteiger partial charge in [0.25, 0.3) is 0 Å². The smallest absolute Gasteiger partial charge is 0.322 e. The first kappa shape index (κ1) is 12.1. The summed E-state index contributed by atoms with van der Waals surface area (Å²) in [5.74, 6) is -0.246. The molecule has 1 aromatic rings. The fraction of sp³-hybridized carbons (Fsp3) is 0.600. The summed E-state index contributed by atoms with van der Waals surface area (Å²) < 4.78 is 4.65. The van der Waals surface area contributed by atoms with Gasteiger partial charge in [-0.15, -0.1) is 11.3 Å². The van der Waals surface area contributed by atoms with Crippen molar-refractivity contribution >= 4 is 17.3 Å². The van der Waals surface area contributed by atoms with E-state index < -0.39 is 0 Å². The molecule has 0 radical (unpaired) electrons. The number of carbonyl (C=O) groups excluding carboxylic acids is 1. The maximum atomic E-state index is 11.2. The quantitative estimate of drug-likeness (QED) is 0.796. The van der Waals surface area contributed by atoms with E-state index in [9.17, 15) is 4.79 Å². The number of aromatic nitrogens is 1. The van der Waals surface area contributed by atoms with Crippen LogP contribution in [0.2, 0.25) is 0 Å². The number of methoxy groups -OCH3 is 1. The molecular formula is C10H16N2O2S. The lowest BCUT2D eigenvalue weighted by Gasteiger charge is -2.17. The average Bonchev–Trinajstić information content (AvgIpc) is 2.63. The van der Waals surface area contributed by atoms with Gasteiger partial charge in [-0.3, -0.25) is 10.1 Å². The van der Waals surface area contributed by atoms with Crippen molar-refractivity contribution in [2.75, 3.05) is 7.11 Å². The Kier molecular flexibility index (Phi) is 4.23. The van der Waals surface area contributed by atoms with Gasteiger partial charge in [0.05, 0.1) is 18.3 Å². The van der Waals surface area contributed by atoms with Crippen LogP contribution >= 0.6 is 11.3 Å². The van der Waals surface area contributed by atoms with Gasteiger partial charge in [0.15, 0.2) is 0 Å². The number of thiazole rings is 1. The van der Waals surface area contributed by atoms with Crippen LogP contribution in [0.3, 0.4) is 0 Å². The predicted octanol–water partition coefficient (Wildman–Crippen LogP) is 1.66. The van der Waals surface area contributed by atoms with Crippen LogP contribution in [-0.2, 0) is 9.53 Å². The van der Waals surface area contributed by atoms with E-state index >= 15 is 0 Å². The van der Waals surface area contributed by atoms with Crippen molar-refractivity contribution in [1.29, 1.82) is 0 Å². The molecule has 1 heterocycles. The third-order valence-corrected chi connectivity index (χ3v) is 3.34. The summed E-state index contributed by atoms with van der Waals surface area (Å²) in [4.78, 5) is 16.5. The largest absolute Gasteiger partial charge is 0.468 e. The lowest BCUT2D eigenvalue weighted by molar-refractivity contribution is -0.142. The summed E-state index contributed by atoms with van der Waals surface area (Å²) in [6, 6.07) is -0.182. The zero-order valence-electron chi connectivity index (χ0n) is 9.40. The molecule has 15 heavy (non-hydrogen) atoms. The molecule has 1 rings (SSSR count). The Labute approximate surface area is 93.7 Å². The van der Waals surface area contributed by atoms with E-state index in [0.717, 1.165) is 10.6 Å². The fourth-order valence-corrected chi connectivity index (χ4v) is 2.24. The summed E-state index contributed by atoms with van der Waals surface area (Å²) >= 11 is 1.59. The van der Waals surface area contributed by atoms with Crippen LogP contribution in [0, 0.1) is 6.92 Å². The molecule has 4 nitrogen and oxygen atoms in total. The number of rotatable bonds is 4. The Morgan fingerprint density at radius 2 is 2.27 bits per heavy atom. The van der Waals surface area contributed by atoms with Crippen molar-refractivity contribution in [3.05, 3.63) is 16.1 Å². The number of nitrogens with one attached hydrogen (secondary N) is 1. The van der Waals surface area contributed by atoms with E-state index in [0.29, 0.717) is 0 Å². The Morgan fingerprint density at radius 1 is 1.60 bits per heavy atom. The number of esters is 1. The second-order valence-electron chi connectivity index (χ2n) is 3.44. The number of carbonyl (C=O) groups is 1. The number of nitrogens with zero attached hydrogens (tertiary/aromatic N) is 1. The standard InChI is InChI=1S/C10H16N2O2S/c1-6-9(15-5-11-6)7(2)12-8(3)10(13)14-4/h5,7-8,12H,1-4H3. The summed E-state index contributed by atoms with van der Waals surface area (Å²) in [7, 11) is 1.39. The Morgan fingerprint density at radius 3 is 2.73 bits per heavy atom. The molecular weight excluding hydrogens is 212 g/mol. The van der Waals surface area contributed by atoms with E-state index in [-0.39, 0.29) is 18.1 Å². The number of aryl methyl sites for hydroxylation is 1. The molecule has 2 atom stereocenters. The molecule has 5 heteroatoms. The van der Waals surface area contributed by atoms with Crippen molar-refractivity contribution < 1.29 is 9.53 Å². The Balaban J connectivity index is 2.60. The molecule has 0 fully saturated rings. The van der Waals surface area contributed by atoms with Gasteiger partial charge in [0, 0.05) is 10.9 Å². The highest BCUT2D eigenvalue weighted by molar-refractivity contribution is 7.09. The lowest BCUT2D eigenvalue weighted by Crippen LogP contribution is -2.36. The van der Waals surface area contributed by atoms with E-state index in [1.807, 2.05) is 19.4 Å². The molecule has 0 amide bonds. The van der Waals surface area contributed by atoms with Gasteiger partial charge in [0.2, 0.25) is 0 Å². The van der Waals surface area contributed by atoms with Crippen LogP contribution in [0.4, 0.5) is 0 Å². The van der Waals surface area contributed by atoms with Gasteiger partial charge in [-0.1, -0.05) is 0 Å². The molecule has 0 aliphatic heterocycles. The van der Waals surface area contributed by atoms with Crippen molar-refractivity contribution in [3.8, 4) is 0 Å². The molecule has 0 aliphatic rings. The van der Waals surface area contributed by atoms with Gasteiger partial charge in [-0.25, -0.2) is 4.98 Å². The first-order chi connectivity index (χ1) is 7.06. The molecule has 0 bridgehead atoms. The first-order valence-corrected chi connectivity index (χ1v) is 5.68. The van der Waals surface area contributed by atoms with Crippen LogP contribution < -0.4 is 5.32 Å². The summed E-state index contributed by atoms with van der Waals surface area (Å²) in [6.45, 7) is 5.77. The molecule has 1 N–H and O–H groups in total. The summed E-state index contributed by atoms with van der Waals surface area (Å²) in [5.41, 5.74) is 2.82. The normalized spacial score (nSPS) is 14.7. The highest BCUT2D eigenvalue weighted by Crippen LogP contribution is 2.21. The van der Waals surface area contributed by atoms with Crippen molar-refractivity contribution in [3.63, 3.8) is 0 Å². The second kappa shape index (κ2) is 5.23. The van der Waals surface area contributed by atoms with Crippen LogP contribution in [0.5, 0.6) is 0 Å². The number of ether oxygens (including phenoxy) is 1. The third-order valence-electron chi connectivity index (χ3n) is 2.23. The maximum absolute atomic E-state index is 11.2. The monoisotopic (exact) mass is 228 g/mol. The van der Waals surface area contributed by atoms with E-state index in [1.165, 1.54) is 7.11 Å². The molecule has 1 aromatic heterocycles. The number of hydrogen-bond donors (Lipinski definition) is 1. The van der Waals surface area contributed by atoms with Crippen LogP contribution in [0.25, 0.3) is 0 Å². The SMILES string of the molecule is COC(=O)C(C)NC(C)c1scnc1C. The van der Waals surface area contributed by atoms with Gasteiger partial charge < -0.3 is 4.74 Å². The zero-order valence-corrected chi connectivity index (χ0v) is 10.2. The Bertz CT molecular complexity index is 338. The minimum absolute atomic E-state index is 0.117. The minimum Gasteiger partial charge on any atom is -0.468 e. The molecule has 2 unspecified atom stereocenters. The number of hydrogen-bond acceptors (Lipinski definition) is 5.